The Hall–Kier alpha value is -1.61. The van der Waals surface area contributed by atoms with Crippen molar-refractivity contribution in [1.29, 1.82) is 0 Å². The number of carbonyl (C=O) groups excluding carboxylic acids is 1. The van der Waals surface area contributed by atoms with E-state index >= 15 is 0 Å². The zero-order chi connectivity index (χ0) is 16.0. The first-order valence-corrected chi connectivity index (χ1v) is 7.58. The Morgan fingerprint density at radius 3 is 2.14 bits per heavy atom. The second-order valence-corrected chi connectivity index (χ2v) is 6.12. The number of aliphatic hydroxyl groups excluding tert-OH is 1. The molecule has 116 valence electrons. The van der Waals surface area contributed by atoms with Crippen molar-refractivity contribution >= 4 is 11.5 Å². The summed E-state index contributed by atoms with van der Waals surface area (Å²) in [7, 11) is 0. The van der Waals surface area contributed by atoms with Gasteiger partial charge in [-0.05, 0) is 35.5 Å². The maximum Gasteiger partial charge on any atom is 0.244 e. The third-order valence-corrected chi connectivity index (χ3v) is 3.48. The molecule has 0 aliphatic rings. The fourth-order valence-electron chi connectivity index (χ4n) is 2.12. The summed E-state index contributed by atoms with van der Waals surface area (Å²) < 4.78 is 0. The van der Waals surface area contributed by atoms with Gasteiger partial charge >= 0.3 is 0 Å². The molecule has 0 spiro atoms. The molecule has 0 fully saturated rings. The van der Waals surface area contributed by atoms with Gasteiger partial charge in [0.1, 0.15) is 0 Å². The Balaban J connectivity index is 2.98. The molecule has 0 saturated carbocycles. The molecule has 1 aromatic rings. The summed E-state index contributed by atoms with van der Waals surface area (Å²) in [5, 5.41) is 11.7. The Labute approximate surface area is 128 Å². The molecular weight excluding hydrogens is 262 g/mol. The summed E-state index contributed by atoms with van der Waals surface area (Å²) >= 11 is 0. The van der Waals surface area contributed by atoms with Gasteiger partial charge in [0.15, 0.2) is 0 Å². The van der Waals surface area contributed by atoms with E-state index in [2.05, 4.69) is 57.3 Å². The minimum atomic E-state index is -0.231. The van der Waals surface area contributed by atoms with Crippen LogP contribution in [0.25, 0.3) is 5.57 Å². The summed E-state index contributed by atoms with van der Waals surface area (Å²) in [6.07, 6.45) is 1.64. The zero-order valence-corrected chi connectivity index (χ0v) is 13.7. The number of benzene rings is 1. The van der Waals surface area contributed by atoms with Crippen LogP contribution in [0.4, 0.5) is 0 Å². The van der Waals surface area contributed by atoms with E-state index in [9.17, 15) is 4.79 Å². The van der Waals surface area contributed by atoms with E-state index in [4.69, 9.17) is 5.11 Å². The van der Waals surface area contributed by atoms with E-state index in [1.54, 1.807) is 13.0 Å². The molecule has 0 radical (unpaired) electrons. The van der Waals surface area contributed by atoms with Crippen LogP contribution in [-0.2, 0) is 4.79 Å². The molecule has 1 atom stereocenters. The van der Waals surface area contributed by atoms with Crippen molar-refractivity contribution in [3.8, 4) is 0 Å². The minimum Gasteiger partial charge on any atom is -0.394 e. The number of nitrogens with one attached hydrogen (secondary N) is 1. The average Bonchev–Trinajstić information content (AvgIpc) is 2.44. The lowest BCUT2D eigenvalue weighted by Crippen LogP contribution is -2.34. The number of rotatable bonds is 6. The molecule has 21 heavy (non-hydrogen) atoms. The quantitative estimate of drug-likeness (QED) is 0.789. The molecule has 3 nitrogen and oxygen atoms in total. The normalized spacial score (nSPS) is 13.6. The van der Waals surface area contributed by atoms with Crippen LogP contribution >= 0.6 is 0 Å². The molecule has 0 aliphatic carbocycles. The number of amides is 1. The predicted molar refractivity (Wildman–Crippen MR) is 88.0 cm³/mol. The van der Waals surface area contributed by atoms with Gasteiger partial charge < -0.3 is 10.4 Å². The highest BCUT2D eigenvalue weighted by Crippen LogP contribution is 2.25. The molecule has 1 rings (SSSR count). The monoisotopic (exact) mass is 289 g/mol. The summed E-state index contributed by atoms with van der Waals surface area (Å²) in [6, 6.07) is 8.15. The highest BCUT2D eigenvalue weighted by Gasteiger charge is 2.11. The van der Waals surface area contributed by atoms with Crippen molar-refractivity contribution in [3.05, 3.63) is 41.5 Å². The van der Waals surface area contributed by atoms with Crippen molar-refractivity contribution < 1.29 is 9.90 Å². The molecule has 0 aliphatic heterocycles. The highest BCUT2D eigenvalue weighted by molar-refractivity contribution is 5.95. The van der Waals surface area contributed by atoms with E-state index in [-0.39, 0.29) is 24.5 Å². The SMILES string of the molecule is CC(CO)NC(=O)/C=C(/c1ccc(C(C)C)cc1)C(C)C. The van der Waals surface area contributed by atoms with Gasteiger partial charge in [0.05, 0.1) is 6.61 Å². The van der Waals surface area contributed by atoms with Crippen molar-refractivity contribution in [2.24, 2.45) is 5.92 Å². The number of hydrogen-bond donors (Lipinski definition) is 2. The number of carbonyl (C=O) groups is 1. The van der Waals surface area contributed by atoms with Gasteiger partial charge in [-0.1, -0.05) is 52.0 Å². The summed E-state index contributed by atoms with van der Waals surface area (Å²) in [5.74, 6) is 0.595. The third-order valence-electron chi connectivity index (χ3n) is 3.48. The first-order valence-electron chi connectivity index (χ1n) is 7.58. The van der Waals surface area contributed by atoms with Crippen LogP contribution < -0.4 is 5.32 Å². The van der Waals surface area contributed by atoms with Crippen LogP contribution in [0.1, 0.15) is 51.7 Å². The highest BCUT2D eigenvalue weighted by atomic mass is 16.3. The molecular formula is C18H27NO2. The van der Waals surface area contributed by atoms with Crippen LogP contribution in [0.3, 0.4) is 0 Å². The van der Waals surface area contributed by atoms with Crippen molar-refractivity contribution in [2.75, 3.05) is 6.61 Å². The Kier molecular flexibility index (Phi) is 6.63. The fraction of sp³-hybridized carbons (Fsp3) is 0.500. The first kappa shape index (κ1) is 17.4. The summed E-state index contributed by atoms with van der Waals surface area (Å²) in [6.45, 7) is 10.2. The van der Waals surface area contributed by atoms with Crippen LogP contribution in [0.5, 0.6) is 0 Å². The van der Waals surface area contributed by atoms with E-state index in [1.807, 2.05) is 0 Å². The van der Waals surface area contributed by atoms with Crippen LogP contribution in [0.2, 0.25) is 0 Å². The molecule has 0 aromatic heterocycles. The fourth-order valence-corrected chi connectivity index (χ4v) is 2.12. The second-order valence-electron chi connectivity index (χ2n) is 6.12. The Bertz CT molecular complexity index is 486. The number of hydrogen-bond acceptors (Lipinski definition) is 2. The van der Waals surface area contributed by atoms with E-state index in [0.29, 0.717) is 5.92 Å². The second kappa shape index (κ2) is 7.99. The van der Waals surface area contributed by atoms with Crippen molar-refractivity contribution in [1.82, 2.24) is 5.32 Å². The van der Waals surface area contributed by atoms with Crippen molar-refractivity contribution in [2.45, 2.75) is 46.6 Å². The smallest absolute Gasteiger partial charge is 0.244 e. The molecule has 0 saturated heterocycles. The predicted octanol–water partition coefficient (Wildman–Crippen LogP) is 3.35. The summed E-state index contributed by atoms with van der Waals surface area (Å²) in [5.41, 5.74) is 3.37. The van der Waals surface area contributed by atoms with Crippen LogP contribution in [0, 0.1) is 5.92 Å². The van der Waals surface area contributed by atoms with Crippen molar-refractivity contribution in [3.63, 3.8) is 0 Å². The maximum absolute atomic E-state index is 12.0. The Morgan fingerprint density at radius 2 is 1.71 bits per heavy atom. The van der Waals surface area contributed by atoms with Gasteiger partial charge in [-0.2, -0.15) is 0 Å². The van der Waals surface area contributed by atoms with E-state index < -0.39 is 0 Å². The van der Waals surface area contributed by atoms with Gasteiger partial charge in [0.2, 0.25) is 5.91 Å². The molecule has 0 heterocycles. The zero-order valence-electron chi connectivity index (χ0n) is 13.7. The number of aliphatic hydroxyl groups is 1. The lowest BCUT2D eigenvalue weighted by atomic mass is 9.92. The average molecular weight is 289 g/mol. The third kappa shape index (κ3) is 5.35. The van der Waals surface area contributed by atoms with Gasteiger partial charge in [-0.15, -0.1) is 0 Å². The largest absolute Gasteiger partial charge is 0.394 e. The van der Waals surface area contributed by atoms with Gasteiger partial charge in [0, 0.05) is 12.1 Å². The molecule has 0 bridgehead atoms. The lowest BCUT2D eigenvalue weighted by molar-refractivity contribution is -0.117. The van der Waals surface area contributed by atoms with Gasteiger partial charge in [-0.3, -0.25) is 4.79 Å². The number of allylic oxidation sites excluding steroid dienone is 1. The van der Waals surface area contributed by atoms with E-state index in [0.717, 1.165) is 11.1 Å². The molecule has 1 aromatic carbocycles. The standard InChI is InChI=1S/C18H27NO2/c1-12(2)15-6-8-16(9-7-15)17(13(3)4)10-18(21)19-14(5)11-20/h6-10,12-14,20H,11H2,1-5H3,(H,19,21)/b17-10+. The van der Waals surface area contributed by atoms with Crippen LogP contribution in [0.15, 0.2) is 30.3 Å². The van der Waals surface area contributed by atoms with Gasteiger partial charge in [0.25, 0.3) is 0 Å². The topological polar surface area (TPSA) is 49.3 Å². The molecule has 3 heteroatoms. The van der Waals surface area contributed by atoms with Crippen LogP contribution in [-0.4, -0.2) is 23.7 Å². The summed E-state index contributed by atoms with van der Waals surface area (Å²) in [4.78, 5) is 12.0. The molecule has 1 unspecified atom stereocenters. The maximum atomic E-state index is 12.0. The lowest BCUT2D eigenvalue weighted by Gasteiger charge is -2.15. The molecule has 2 N–H and O–H groups in total. The van der Waals surface area contributed by atoms with E-state index in [1.165, 1.54) is 5.56 Å². The molecule has 1 amide bonds. The minimum absolute atomic E-state index is 0.0559. The first-order chi connectivity index (χ1) is 9.85. The van der Waals surface area contributed by atoms with Gasteiger partial charge in [-0.25, -0.2) is 0 Å². The Morgan fingerprint density at radius 1 is 1.14 bits per heavy atom.